The lowest BCUT2D eigenvalue weighted by atomic mass is 10.1. The monoisotopic (exact) mass is 360 g/mol. The molecule has 5 heteroatoms. The number of hydrogen-bond donors (Lipinski definition) is 2. The molecular weight excluding hydrogens is 336 g/mol. The van der Waals surface area contributed by atoms with Crippen LogP contribution in [-0.2, 0) is 11.2 Å². The molecular formula is C20H25ClN2O2. The molecule has 134 valence electrons. The fourth-order valence-electron chi connectivity index (χ4n) is 2.70. The number of ether oxygens (including phenoxy) is 1. The number of hydrogen-bond acceptors (Lipinski definition) is 3. The normalized spacial score (nSPS) is 10.4. The van der Waals surface area contributed by atoms with E-state index < -0.39 is 0 Å². The standard InChI is InChI=1S/C20H25ClN2O2/c1-14-11-15(2)20(18(21)12-14)23-10-8-19(24)22-9-7-16-5-4-6-17(13-16)25-3/h4-6,11-13,23H,7-10H2,1-3H3,(H,22,24). The summed E-state index contributed by atoms with van der Waals surface area (Å²) in [7, 11) is 1.65. The summed E-state index contributed by atoms with van der Waals surface area (Å²) in [5.74, 6) is 0.856. The Balaban J connectivity index is 1.72. The van der Waals surface area contributed by atoms with E-state index in [1.54, 1.807) is 7.11 Å². The number of amides is 1. The van der Waals surface area contributed by atoms with Gasteiger partial charge in [-0.2, -0.15) is 0 Å². The van der Waals surface area contributed by atoms with Gasteiger partial charge in [0.1, 0.15) is 5.75 Å². The predicted molar refractivity (Wildman–Crippen MR) is 104 cm³/mol. The summed E-state index contributed by atoms with van der Waals surface area (Å²) < 4.78 is 5.20. The van der Waals surface area contributed by atoms with Crippen molar-refractivity contribution in [2.24, 2.45) is 0 Å². The molecule has 0 unspecified atom stereocenters. The van der Waals surface area contributed by atoms with E-state index in [4.69, 9.17) is 16.3 Å². The molecule has 0 fully saturated rings. The van der Waals surface area contributed by atoms with Crippen molar-refractivity contribution in [1.29, 1.82) is 0 Å². The Morgan fingerprint density at radius 1 is 1.16 bits per heavy atom. The van der Waals surface area contributed by atoms with Crippen LogP contribution in [0, 0.1) is 13.8 Å². The van der Waals surface area contributed by atoms with Crippen LogP contribution in [0.2, 0.25) is 5.02 Å². The van der Waals surface area contributed by atoms with Gasteiger partial charge in [-0.3, -0.25) is 4.79 Å². The van der Waals surface area contributed by atoms with Gasteiger partial charge in [0.15, 0.2) is 0 Å². The number of benzene rings is 2. The zero-order valence-corrected chi connectivity index (χ0v) is 15.7. The van der Waals surface area contributed by atoms with E-state index in [9.17, 15) is 4.79 Å². The van der Waals surface area contributed by atoms with E-state index in [0.717, 1.165) is 34.5 Å². The average molecular weight is 361 g/mol. The zero-order valence-electron chi connectivity index (χ0n) is 15.0. The molecule has 0 aliphatic heterocycles. The molecule has 2 rings (SSSR count). The highest BCUT2D eigenvalue weighted by atomic mass is 35.5. The van der Waals surface area contributed by atoms with E-state index >= 15 is 0 Å². The highest BCUT2D eigenvalue weighted by molar-refractivity contribution is 6.33. The number of carbonyl (C=O) groups excluding carboxylic acids is 1. The number of halogens is 1. The Morgan fingerprint density at radius 2 is 1.96 bits per heavy atom. The van der Waals surface area contributed by atoms with Gasteiger partial charge in [-0.05, 0) is 55.2 Å². The number of methoxy groups -OCH3 is 1. The van der Waals surface area contributed by atoms with Crippen molar-refractivity contribution in [2.45, 2.75) is 26.7 Å². The van der Waals surface area contributed by atoms with Crippen LogP contribution in [0.3, 0.4) is 0 Å². The van der Waals surface area contributed by atoms with Crippen molar-refractivity contribution < 1.29 is 9.53 Å². The van der Waals surface area contributed by atoms with E-state index in [1.165, 1.54) is 0 Å². The molecule has 0 aliphatic carbocycles. The van der Waals surface area contributed by atoms with Crippen molar-refractivity contribution in [3.8, 4) is 5.75 Å². The molecule has 25 heavy (non-hydrogen) atoms. The third-order valence-corrected chi connectivity index (χ3v) is 4.25. The maximum Gasteiger partial charge on any atom is 0.221 e. The first-order chi connectivity index (χ1) is 12.0. The molecule has 0 aromatic heterocycles. The van der Waals surface area contributed by atoms with E-state index in [-0.39, 0.29) is 5.91 Å². The molecule has 2 N–H and O–H groups in total. The number of aryl methyl sites for hydroxylation is 2. The summed E-state index contributed by atoms with van der Waals surface area (Å²) in [6.07, 6.45) is 1.18. The van der Waals surface area contributed by atoms with Gasteiger partial charge in [-0.25, -0.2) is 0 Å². The summed E-state index contributed by atoms with van der Waals surface area (Å²) in [4.78, 5) is 12.0. The Kier molecular flexibility index (Phi) is 7.14. The topological polar surface area (TPSA) is 50.4 Å². The molecule has 1 amide bonds. The van der Waals surface area contributed by atoms with Crippen molar-refractivity contribution in [1.82, 2.24) is 5.32 Å². The van der Waals surface area contributed by atoms with E-state index in [1.807, 2.05) is 44.2 Å². The minimum Gasteiger partial charge on any atom is -0.497 e. The zero-order chi connectivity index (χ0) is 18.2. The minimum atomic E-state index is 0.0243. The molecule has 2 aromatic carbocycles. The third kappa shape index (κ3) is 5.98. The molecule has 0 saturated heterocycles. The second-order valence-electron chi connectivity index (χ2n) is 6.07. The highest BCUT2D eigenvalue weighted by Crippen LogP contribution is 2.27. The quantitative estimate of drug-likeness (QED) is 0.744. The summed E-state index contributed by atoms with van der Waals surface area (Å²) in [6, 6.07) is 11.9. The van der Waals surface area contributed by atoms with Gasteiger partial charge in [0.05, 0.1) is 17.8 Å². The Bertz CT molecular complexity index is 708. The number of anilines is 1. The number of nitrogens with one attached hydrogen (secondary N) is 2. The van der Waals surface area contributed by atoms with Crippen molar-refractivity contribution in [3.05, 3.63) is 58.1 Å². The van der Waals surface area contributed by atoms with Crippen LogP contribution >= 0.6 is 11.6 Å². The molecule has 0 bridgehead atoms. The first kappa shape index (κ1) is 19.1. The van der Waals surface area contributed by atoms with Crippen LogP contribution in [0.4, 0.5) is 5.69 Å². The predicted octanol–water partition coefficient (Wildman–Crippen LogP) is 4.13. The second-order valence-corrected chi connectivity index (χ2v) is 6.47. The van der Waals surface area contributed by atoms with Gasteiger partial charge in [0.2, 0.25) is 5.91 Å². The largest absolute Gasteiger partial charge is 0.497 e. The third-order valence-electron chi connectivity index (χ3n) is 3.96. The summed E-state index contributed by atoms with van der Waals surface area (Å²) >= 11 is 6.25. The van der Waals surface area contributed by atoms with Crippen LogP contribution in [0.5, 0.6) is 5.75 Å². The summed E-state index contributed by atoms with van der Waals surface area (Å²) in [5, 5.41) is 6.88. The van der Waals surface area contributed by atoms with Crippen LogP contribution in [0.25, 0.3) is 0 Å². The highest BCUT2D eigenvalue weighted by Gasteiger charge is 2.06. The van der Waals surface area contributed by atoms with Crippen LogP contribution in [-0.4, -0.2) is 26.1 Å². The Morgan fingerprint density at radius 3 is 2.68 bits per heavy atom. The molecule has 0 spiro atoms. The summed E-state index contributed by atoms with van der Waals surface area (Å²) in [5.41, 5.74) is 4.25. The molecule has 0 saturated carbocycles. The molecule has 4 nitrogen and oxygen atoms in total. The SMILES string of the molecule is COc1cccc(CCNC(=O)CCNc2c(C)cc(C)cc2Cl)c1. The van der Waals surface area contributed by atoms with Crippen LogP contribution < -0.4 is 15.4 Å². The van der Waals surface area contributed by atoms with Gasteiger partial charge < -0.3 is 15.4 Å². The van der Waals surface area contributed by atoms with E-state index in [0.29, 0.717) is 24.5 Å². The van der Waals surface area contributed by atoms with Gasteiger partial charge in [-0.1, -0.05) is 29.8 Å². The lowest BCUT2D eigenvalue weighted by Crippen LogP contribution is -2.27. The minimum absolute atomic E-state index is 0.0243. The van der Waals surface area contributed by atoms with Crippen LogP contribution in [0.15, 0.2) is 36.4 Å². The van der Waals surface area contributed by atoms with Gasteiger partial charge >= 0.3 is 0 Å². The molecule has 0 heterocycles. The second kappa shape index (κ2) is 9.33. The molecule has 2 aromatic rings. The fraction of sp³-hybridized carbons (Fsp3) is 0.350. The number of carbonyl (C=O) groups is 1. The average Bonchev–Trinajstić information content (AvgIpc) is 2.57. The van der Waals surface area contributed by atoms with Gasteiger partial charge in [0.25, 0.3) is 0 Å². The van der Waals surface area contributed by atoms with Crippen molar-refractivity contribution in [2.75, 3.05) is 25.5 Å². The first-order valence-electron chi connectivity index (χ1n) is 8.40. The van der Waals surface area contributed by atoms with Crippen molar-refractivity contribution >= 4 is 23.2 Å². The van der Waals surface area contributed by atoms with Gasteiger partial charge in [-0.15, -0.1) is 0 Å². The lowest BCUT2D eigenvalue weighted by Gasteiger charge is -2.12. The Labute approximate surface area is 154 Å². The molecule has 0 atom stereocenters. The van der Waals surface area contributed by atoms with Crippen molar-refractivity contribution in [3.63, 3.8) is 0 Å². The molecule has 0 aliphatic rings. The van der Waals surface area contributed by atoms with Crippen LogP contribution in [0.1, 0.15) is 23.1 Å². The van der Waals surface area contributed by atoms with E-state index in [2.05, 4.69) is 16.7 Å². The lowest BCUT2D eigenvalue weighted by molar-refractivity contribution is -0.120. The first-order valence-corrected chi connectivity index (χ1v) is 8.77. The number of rotatable bonds is 8. The fourth-order valence-corrected chi connectivity index (χ4v) is 3.09. The maximum atomic E-state index is 12.0. The Hall–Kier alpha value is -2.20. The van der Waals surface area contributed by atoms with Gasteiger partial charge in [0, 0.05) is 19.5 Å². The molecule has 0 radical (unpaired) electrons. The smallest absolute Gasteiger partial charge is 0.221 e. The maximum absolute atomic E-state index is 12.0. The summed E-state index contributed by atoms with van der Waals surface area (Å²) in [6.45, 7) is 5.18.